The minimum atomic E-state index is -0.886. The van der Waals surface area contributed by atoms with Gasteiger partial charge in [-0.15, -0.1) is 0 Å². The van der Waals surface area contributed by atoms with Crippen molar-refractivity contribution in [2.75, 3.05) is 19.6 Å². The standard InChI is InChI=1S/C15H26N2O4/c1-14(2,3)8-11(18)16-9-12(19)17-7-5-6-15(4,10-17)13(20)21/h5-10H2,1-4H3,(H,16,18)(H,20,21). The van der Waals surface area contributed by atoms with Gasteiger partial charge >= 0.3 is 5.97 Å². The first-order valence-corrected chi connectivity index (χ1v) is 7.31. The van der Waals surface area contributed by atoms with Crippen LogP contribution in [0.2, 0.25) is 0 Å². The summed E-state index contributed by atoms with van der Waals surface area (Å²) in [5.41, 5.74) is -1.01. The van der Waals surface area contributed by atoms with Crippen LogP contribution < -0.4 is 5.32 Å². The van der Waals surface area contributed by atoms with Gasteiger partial charge in [0.25, 0.3) is 0 Å². The van der Waals surface area contributed by atoms with Gasteiger partial charge in [-0.1, -0.05) is 20.8 Å². The fraction of sp³-hybridized carbons (Fsp3) is 0.800. The smallest absolute Gasteiger partial charge is 0.311 e. The lowest BCUT2D eigenvalue weighted by atomic mass is 9.82. The highest BCUT2D eigenvalue weighted by Gasteiger charge is 2.39. The Bertz CT molecular complexity index is 428. The summed E-state index contributed by atoms with van der Waals surface area (Å²) >= 11 is 0. The van der Waals surface area contributed by atoms with Crippen LogP contribution in [0, 0.1) is 10.8 Å². The van der Waals surface area contributed by atoms with Gasteiger partial charge in [-0.2, -0.15) is 0 Å². The predicted octanol–water partition coefficient (Wildman–Crippen LogP) is 1.25. The second-order valence-corrected chi connectivity index (χ2v) is 7.30. The first-order valence-electron chi connectivity index (χ1n) is 7.31. The number of piperidine rings is 1. The first kappa shape index (κ1) is 17.5. The molecule has 6 nitrogen and oxygen atoms in total. The third-order valence-electron chi connectivity index (χ3n) is 3.69. The maximum Gasteiger partial charge on any atom is 0.311 e. The van der Waals surface area contributed by atoms with Gasteiger partial charge in [-0.05, 0) is 25.2 Å². The Morgan fingerprint density at radius 1 is 1.29 bits per heavy atom. The van der Waals surface area contributed by atoms with Gasteiger partial charge < -0.3 is 15.3 Å². The Labute approximate surface area is 125 Å². The molecule has 2 N–H and O–H groups in total. The van der Waals surface area contributed by atoms with Crippen molar-refractivity contribution in [3.8, 4) is 0 Å². The minimum Gasteiger partial charge on any atom is -0.481 e. The van der Waals surface area contributed by atoms with Crippen LogP contribution in [0.15, 0.2) is 0 Å². The van der Waals surface area contributed by atoms with E-state index in [0.29, 0.717) is 25.8 Å². The summed E-state index contributed by atoms with van der Waals surface area (Å²) in [5.74, 6) is -1.25. The largest absolute Gasteiger partial charge is 0.481 e. The molecule has 1 heterocycles. The lowest BCUT2D eigenvalue weighted by Gasteiger charge is -2.37. The van der Waals surface area contributed by atoms with E-state index in [-0.39, 0.29) is 30.3 Å². The quantitative estimate of drug-likeness (QED) is 0.818. The minimum absolute atomic E-state index is 0.0649. The van der Waals surface area contributed by atoms with E-state index < -0.39 is 11.4 Å². The van der Waals surface area contributed by atoms with Crippen molar-refractivity contribution in [1.82, 2.24) is 10.2 Å². The number of carbonyl (C=O) groups is 3. The number of rotatable bonds is 4. The second kappa shape index (κ2) is 6.45. The van der Waals surface area contributed by atoms with E-state index in [1.54, 1.807) is 6.92 Å². The molecular weight excluding hydrogens is 272 g/mol. The van der Waals surface area contributed by atoms with E-state index >= 15 is 0 Å². The summed E-state index contributed by atoms with van der Waals surface area (Å²) in [6, 6.07) is 0. The zero-order chi connectivity index (χ0) is 16.3. The fourth-order valence-corrected chi connectivity index (χ4v) is 2.46. The van der Waals surface area contributed by atoms with E-state index in [1.807, 2.05) is 20.8 Å². The number of carbonyl (C=O) groups excluding carboxylic acids is 2. The highest BCUT2D eigenvalue weighted by Crippen LogP contribution is 2.29. The Morgan fingerprint density at radius 2 is 1.90 bits per heavy atom. The number of nitrogens with one attached hydrogen (secondary N) is 1. The van der Waals surface area contributed by atoms with E-state index in [1.165, 1.54) is 4.90 Å². The Kier molecular flexibility index (Phi) is 5.36. The Morgan fingerprint density at radius 3 is 2.43 bits per heavy atom. The average molecular weight is 298 g/mol. The molecule has 6 heteroatoms. The normalized spacial score (nSPS) is 22.8. The number of amides is 2. The topological polar surface area (TPSA) is 86.7 Å². The fourth-order valence-electron chi connectivity index (χ4n) is 2.46. The molecule has 0 saturated carbocycles. The van der Waals surface area contributed by atoms with E-state index in [2.05, 4.69) is 5.32 Å². The molecule has 0 bridgehead atoms. The number of hydrogen-bond acceptors (Lipinski definition) is 3. The molecule has 1 atom stereocenters. The van der Waals surface area contributed by atoms with Crippen molar-refractivity contribution in [2.24, 2.45) is 10.8 Å². The van der Waals surface area contributed by atoms with Crippen molar-refractivity contribution in [3.63, 3.8) is 0 Å². The third kappa shape index (κ3) is 5.36. The molecule has 120 valence electrons. The molecule has 1 saturated heterocycles. The van der Waals surface area contributed by atoms with Gasteiger partial charge in [0.2, 0.25) is 11.8 Å². The second-order valence-electron chi connectivity index (χ2n) is 7.30. The first-order chi connectivity index (χ1) is 9.53. The molecule has 0 radical (unpaired) electrons. The molecule has 0 aliphatic carbocycles. The highest BCUT2D eigenvalue weighted by molar-refractivity contribution is 5.85. The molecule has 0 spiro atoms. The number of nitrogens with zero attached hydrogens (tertiary/aromatic N) is 1. The van der Waals surface area contributed by atoms with Gasteiger partial charge in [-0.25, -0.2) is 0 Å². The molecular formula is C15H26N2O4. The zero-order valence-electron chi connectivity index (χ0n) is 13.4. The lowest BCUT2D eigenvalue weighted by Crippen LogP contribution is -2.51. The third-order valence-corrected chi connectivity index (χ3v) is 3.69. The molecule has 2 amide bonds. The van der Waals surface area contributed by atoms with E-state index in [9.17, 15) is 19.5 Å². The van der Waals surface area contributed by atoms with Gasteiger partial charge in [0.1, 0.15) is 0 Å². The lowest BCUT2D eigenvalue weighted by molar-refractivity contribution is -0.153. The zero-order valence-corrected chi connectivity index (χ0v) is 13.4. The molecule has 0 aromatic carbocycles. The number of carboxylic acids is 1. The number of carboxylic acid groups (broad SMARTS) is 1. The van der Waals surface area contributed by atoms with E-state index in [0.717, 1.165) is 0 Å². The number of aliphatic carboxylic acids is 1. The van der Waals surface area contributed by atoms with Gasteiger partial charge in [0.15, 0.2) is 0 Å². The van der Waals surface area contributed by atoms with Crippen LogP contribution in [-0.4, -0.2) is 47.4 Å². The summed E-state index contributed by atoms with van der Waals surface area (Å²) in [5, 5.41) is 11.9. The summed E-state index contributed by atoms with van der Waals surface area (Å²) in [6.45, 7) is 8.22. The van der Waals surface area contributed by atoms with Crippen LogP contribution in [0.1, 0.15) is 47.0 Å². The molecule has 1 aliphatic rings. The average Bonchev–Trinajstić information content (AvgIpc) is 2.33. The summed E-state index contributed by atoms with van der Waals surface area (Å²) in [4.78, 5) is 36.6. The van der Waals surface area contributed by atoms with Crippen molar-refractivity contribution >= 4 is 17.8 Å². The van der Waals surface area contributed by atoms with Crippen molar-refractivity contribution in [3.05, 3.63) is 0 Å². The molecule has 0 aromatic rings. The molecule has 21 heavy (non-hydrogen) atoms. The van der Waals surface area contributed by atoms with Crippen LogP contribution in [-0.2, 0) is 14.4 Å². The SMILES string of the molecule is CC(C)(C)CC(=O)NCC(=O)N1CCCC(C)(C(=O)O)C1. The maximum absolute atomic E-state index is 12.1. The van der Waals surface area contributed by atoms with Gasteiger partial charge in [-0.3, -0.25) is 14.4 Å². The summed E-state index contributed by atoms with van der Waals surface area (Å²) in [6.07, 6.45) is 1.60. The van der Waals surface area contributed by atoms with Crippen molar-refractivity contribution in [1.29, 1.82) is 0 Å². The van der Waals surface area contributed by atoms with Crippen molar-refractivity contribution in [2.45, 2.75) is 47.0 Å². The van der Waals surface area contributed by atoms with E-state index in [4.69, 9.17) is 0 Å². The molecule has 1 unspecified atom stereocenters. The van der Waals surface area contributed by atoms with Gasteiger partial charge in [0.05, 0.1) is 12.0 Å². The van der Waals surface area contributed by atoms with Crippen LogP contribution in [0.5, 0.6) is 0 Å². The van der Waals surface area contributed by atoms with Crippen LogP contribution in [0.25, 0.3) is 0 Å². The molecule has 0 aromatic heterocycles. The summed E-state index contributed by atoms with van der Waals surface area (Å²) < 4.78 is 0. The Hall–Kier alpha value is -1.59. The molecule has 1 fully saturated rings. The Balaban J connectivity index is 2.49. The van der Waals surface area contributed by atoms with Crippen LogP contribution >= 0.6 is 0 Å². The molecule has 1 aliphatic heterocycles. The van der Waals surface area contributed by atoms with Gasteiger partial charge in [0, 0.05) is 19.5 Å². The maximum atomic E-state index is 12.1. The van der Waals surface area contributed by atoms with Crippen molar-refractivity contribution < 1.29 is 19.5 Å². The molecule has 1 rings (SSSR count). The summed E-state index contributed by atoms with van der Waals surface area (Å²) in [7, 11) is 0. The monoisotopic (exact) mass is 298 g/mol. The number of likely N-dealkylation sites (tertiary alicyclic amines) is 1. The predicted molar refractivity (Wildman–Crippen MR) is 78.6 cm³/mol. The highest BCUT2D eigenvalue weighted by atomic mass is 16.4. The number of hydrogen-bond donors (Lipinski definition) is 2. The van der Waals surface area contributed by atoms with Crippen LogP contribution in [0.4, 0.5) is 0 Å². The van der Waals surface area contributed by atoms with Crippen LogP contribution in [0.3, 0.4) is 0 Å².